The Balaban J connectivity index is 1.84. The van der Waals surface area contributed by atoms with Gasteiger partial charge in [-0.05, 0) is 64.8 Å². The van der Waals surface area contributed by atoms with Crippen LogP contribution in [0.15, 0.2) is 66.7 Å². The molecule has 0 fully saturated rings. The van der Waals surface area contributed by atoms with E-state index in [1.807, 2.05) is 18.2 Å². The highest BCUT2D eigenvalue weighted by molar-refractivity contribution is 5.72. The summed E-state index contributed by atoms with van der Waals surface area (Å²) in [7, 11) is 0. The first kappa shape index (κ1) is 26.5. The van der Waals surface area contributed by atoms with Crippen molar-refractivity contribution in [1.29, 1.82) is 0 Å². The number of alkyl halides is 3. The minimum absolute atomic E-state index is 0.0945. The number of benzene rings is 3. The molecule has 0 heterocycles. The molecule has 35 heavy (non-hydrogen) atoms. The van der Waals surface area contributed by atoms with Crippen molar-refractivity contribution in [3.8, 4) is 22.6 Å². The van der Waals surface area contributed by atoms with Gasteiger partial charge in [-0.1, -0.05) is 77.1 Å². The van der Waals surface area contributed by atoms with E-state index in [1.54, 1.807) is 12.1 Å². The predicted molar refractivity (Wildman–Crippen MR) is 136 cm³/mol. The minimum Gasteiger partial charge on any atom is -0.488 e. The highest BCUT2D eigenvalue weighted by atomic mass is 19.4. The Morgan fingerprint density at radius 3 is 1.94 bits per heavy atom. The maximum absolute atomic E-state index is 12.5. The summed E-state index contributed by atoms with van der Waals surface area (Å²) in [6, 6.07) is 20.2. The van der Waals surface area contributed by atoms with E-state index in [-0.39, 0.29) is 17.3 Å². The molecule has 0 unspecified atom stereocenters. The molecule has 0 radical (unpaired) electrons. The lowest BCUT2D eigenvalue weighted by Gasteiger charge is -2.21. The monoisotopic (exact) mass is 485 g/mol. The Kier molecular flexibility index (Phi) is 8.36. The topological polar surface area (TPSA) is 30.5 Å². The molecule has 3 aromatic carbocycles. The molecule has 6 heteroatoms. The summed E-state index contributed by atoms with van der Waals surface area (Å²) in [6.07, 6.45) is -2.82. The minimum atomic E-state index is -4.71. The zero-order valence-corrected chi connectivity index (χ0v) is 21.0. The molecule has 1 N–H and O–H groups in total. The molecule has 188 valence electrons. The second kappa shape index (κ2) is 11.1. The van der Waals surface area contributed by atoms with Crippen molar-refractivity contribution in [1.82, 2.24) is 0 Å². The van der Waals surface area contributed by atoms with E-state index in [2.05, 4.69) is 68.9 Å². The first-order valence-corrected chi connectivity index (χ1v) is 12.0. The third-order valence-electron chi connectivity index (χ3n) is 5.91. The lowest BCUT2D eigenvalue weighted by Crippen LogP contribution is -2.16. The summed E-state index contributed by atoms with van der Waals surface area (Å²) in [5.41, 5.74) is 5.00. The average molecular weight is 486 g/mol. The van der Waals surface area contributed by atoms with Crippen LogP contribution in [0.1, 0.15) is 58.6 Å². The largest absolute Gasteiger partial charge is 0.573 e. The fourth-order valence-electron chi connectivity index (χ4n) is 3.75. The lowest BCUT2D eigenvalue weighted by molar-refractivity contribution is -0.274. The van der Waals surface area contributed by atoms with E-state index in [0.29, 0.717) is 6.54 Å². The molecule has 0 aliphatic heterocycles. The van der Waals surface area contributed by atoms with Crippen LogP contribution in [0.5, 0.6) is 11.5 Å². The first-order valence-electron chi connectivity index (χ1n) is 12.0. The Morgan fingerprint density at radius 2 is 1.40 bits per heavy atom. The van der Waals surface area contributed by atoms with Gasteiger partial charge in [-0.3, -0.25) is 0 Å². The van der Waals surface area contributed by atoms with Crippen LogP contribution in [0.4, 0.5) is 18.9 Å². The quantitative estimate of drug-likeness (QED) is 0.329. The van der Waals surface area contributed by atoms with Crippen LogP contribution in [-0.4, -0.2) is 12.5 Å². The molecular weight excluding hydrogens is 451 g/mol. The molecule has 0 saturated heterocycles. The maximum atomic E-state index is 12.5. The summed E-state index contributed by atoms with van der Waals surface area (Å²) in [5, 5.41) is 3.50. The summed E-state index contributed by atoms with van der Waals surface area (Å²) >= 11 is 0. The summed E-state index contributed by atoms with van der Waals surface area (Å²) in [5.74, 6) is 0.512. The van der Waals surface area contributed by atoms with E-state index in [0.717, 1.165) is 41.0 Å². The Labute approximate surface area is 206 Å². The molecule has 0 spiro atoms. The third kappa shape index (κ3) is 7.67. The second-order valence-electron chi connectivity index (χ2n) is 9.64. The zero-order chi connectivity index (χ0) is 25.6. The molecule has 3 rings (SSSR count). The van der Waals surface area contributed by atoms with E-state index in [1.165, 1.54) is 17.7 Å². The van der Waals surface area contributed by atoms with E-state index in [9.17, 15) is 13.2 Å². The van der Waals surface area contributed by atoms with Crippen molar-refractivity contribution >= 4 is 5.69 Å². The summed E-state index contributed by atoms with van der Waals surface area (Å²) in [6.45, 7) is 11.4. The molecular formula is C29H34F3NO2. The normalized spacial score (nSPS) is 12.0. The number of anilines is 1. The zero-order valence-electron chi connectivity index (χ0n) is 21.0. The van der Waals surface area contributed by atoms with E-state index in [4.69, 9.17) is 4.74 Å². The number of nitrogens with one attached hydrogen (secondary N) is 1. The average Bonchev–Trinajstić information content (AvgIpc) is 2.81. The van der Waals surface area contributed by atoms with Gasteiger partial charge in [0.2, 0.25) is 0 Å². The van der Waals surface area contributed by atoms with Crippen molar-refractivity contribution < 1.29 is 22.6 Å². The van der Waals surface area contributed by atoms with E-state index >= 15 is 0 Å². The number of hydrogen-bond donors (Lipinski definition) is 1. The maximum Gasteiger partial charge on any atom is 0.573 e. The van der Waals surface area contributed by atoms with Crippen LogP contribution in [-0.2, 0) is 12.0 Å². The van der Waals surface area contributed by atoms with Crippen molar-refractivity contribution in [3.05, 3.63) is 77.9 Å². The van der Waals surface area contributed by atoms with Gasteiger partial charge >= 0.3 is 6.36 Å². The van der Waals surface area contributed by atoms with Crippen LogP contribution >= 0.6 is 0 Å². The van der Waals surface area contributed by atoms with Crippen molar-refractivity contribution in [3.63, 3.8) is 0 Å². The fraction of sp³-hybridized carbons (Fsp3) is 0.379. The molecule has 0 bridgehead atoms. The van der Waals surface area contributed by atoms with Crippen molar-refractivity contribution in [2.75, 3.05) is 5.32 Å². The number of hydrogen-bond acceptors (Lipinski definition) is 3. The SMILES string of the molecule is CCC(CC)Oc1ccc(-c2ccc(OC(F)(F)F)cc2)cc1NCc1ccc(C(C)(C)C)cc1. The Bertz CT molecular complexity index is 1080. The Morgan fingerprint density at radius 1 is 0.800 bits per heavy atom. The van der Waals surface area contributed by atoms with Crippen molar-refractivity contribution in [2.45, 2.75) is 71.9 Å². The molecule has 0 aromatic heterocycles. The van der Waals surface area contributed by atoms with Gasteiger partial charge in [-0.25, -0.2) is 0 Å². The molecule has 0 saturated carbocycles. The Hall–Kier alpha value is -3.15. The molecule has 0 aliphatic carbocycles. The highest BCUT2D eigenvalue weighted by Crippen LogP contribution is 2.34. The predicted octanol–water partition coefficient (Wildman–Crippen LogP) is 8.73. The molecule has 0 atom stereocenters. The van der Waals surface area contributed by atoms with Gasteiger partial charge in [0.05, 0.1) is 11.8 Å². The summed E-state index contributed by atoms with van der Waals surface area (Å²) in [4.78, 5) is 0. The van der Waals surface area contributed by atoms with Crippen LogP contribution in [0, 0.1) is 0 Å². The standard InChI is InChI=1S/C29H34F3NO2/c1-6-24(7-2)34-27-17-12-22(21-10-15-25(16-11-21)35-29(30,31)32)18-26(27)33-19-20-8-13-23(14-9-20)28(3,4)5/h8-18,24,33H,6-7,19H2,1-5H3. The number of rotatable bonds is 9. The lowest BCUT2D eigenvalue weighted by atomic mass is 9.87. The fourth-order valence-corrected chi connectivity index (χ4v) is 3.75. The third-order valence-corrected chi connectivity index (χ3v) is 5.91. The van der Waals surface area contributed by atoms with Crippen LogP contribution in [0.2, 0.25) is 0 Å². The van der Waals surface area contributed by atoms with Gasteiger partial charge in [0.1, 0.15) is 11.5 Å². The number of halogens is 3. The van der Waals surface area contributed by atoms with Gasteiger partial charge in [0.25, 0.3) is 0 Å². The summed E-state index contributed by atoms with van der Waals surface area (Å²) < 4.78 is 47.7. The van der Waals surface area contributed by atoms with Crippen LogP contribution in [0.25, 0.3) is 11.1 Å². The van der Waals surface area contributed by atoms with Gasteiger partial charge in [-0.15, -0.1) is 13.2 Å². The van der Waals surface area contributed by atoms with Gasteiger partial charge in [-0.2, -0.15) is 0 Å². The van der Waals surface area contributed by atoms with Crippen LogP contribution in [0.3, 0.4) is 0 Å². The van der Waals surface area contributed by atoms with Gasteiger partial charge < -0.3 is 14.8 Å². The van der Waals surface area contributed by atoms with Crippen LogP contribution < -0.4 is 14.8 Å². The molecule has 0 aliphatic rings. The number of ether oxygens (including phenoxy) is 2. The van der Waals surface area contributed by atoms with Crippen molar-refractivity contribution in [2.24, 2.45) is 0 Å². The van der Waals surface area contributed by atoms with Gasteiger partial charge in [0.15, 0.2) is 0 Å². The molecule has 3 aromatic rings. The smallest absolute Gasteiger partial charge is 0.488 e. The molecule has 0 amide bonds. The highest BCUT2D eigenvalue weighted by Gasteiger charge is 2.31. The van der Waals surface area contributed by atoms with E-state index < -0.39 is 6.36 Å². The molecule has 3 nitrogen and oxygen atoms in total. The second-order valence-corrected chi connectivity index (χ2v) is 9.64. The first-order chi connectivity index (χ1) is 16.5. The van der Waals surface area contributed by atoms with Gasteiger partial charge in [0, 0.05) is 6.54 Å².